The zero-order valence-corrected chi connectivity index (χ0v) is 16.8. The Hall–Kier alpha value is -2.42. The smallest absolute Gasteiger partial charge is 0.321 e. The van der Waals surface area contributed by atoms with Crippen molar-refractivity contribution in [3.63, 3.8) is 0 Å². The number of aromatic nitrogens is 3. The third kappa shape index (κ3) is 5.09. The van der Waals surface area contributed by atoms with Crippen molar-refractivity contribution >= 4 is 23.7 Å². The molecule has 3 rings (SSSR count). The Morgan fingerprint density at radius 3 is 2.64 bits per heavy atom. The summed E-state index contributed by atoms with van der Waals surface area (Å²) in [4.78, 5) is 24.1. The van der Waals surface area contributed by atoms with Crippen LogP contribution in [0.4, 0.5) is 9.18 Å². The molecule has 2 N–H and O–H groups in total. The molecule has 9 heteroatoms. The number of amides is 3. The van der Waals surface area contributed by atoms with Crippen molar-refractivity contribution in [3.8, 4) is 11.4 Å². The molecule has 1 heterocycles. The summed E-state index contributed by atoms with van der Waals surface area (Å²) in [5.41, 5.74) is 0.730. The number of nitrogens with one attached hydrogen (secondary N) is 2. The van der Waals surface area contributed by atoms with Gasteiger partial charge in [0.2, 0.25) is 5.91 Å². The summed E-state index contributed by atoms with van der Waals surface area (Å²) in [7, 11) is 1.77. The molecule has 1 aliphatic rings. The number of carbonyl (C=O) groups excluding carboxylic acids is 2. The molecule has 1 aromatic heterocycles. The van der Waals surface area contributed by atoms with Gasteiger partial charge in [-0.05, 0) is 43.0 Å². The lowest BCUT2D eigenvalue weighted by molar-refractivity contribution is -0.117. The van der Waals surface area contributed by atoms with E-state index in [4.69, 9.17) is 0 Å². The number of halogens is 1. The minimum atomic E-state index is -0.450. The molecule has 1 saturated carbocycles. The SMILES string of the molecule is C[C@@H]1CCCC[C@H]1NC(=O)NC(=O)CSc1nnc(-c2ccc(F)cc2)n1C. The zero-order valence-electron chi connectivity index (χ0n) is 15.9. The number of benzene rings is 1. The fraction of sp³-hybridized carbons (Fsp3) is 0.474. The van der Waals surface area contributed by atoms with Gasteiger partial charge in [-0.15, -0.1) is 10.2 Å². The Morgan fingerprint density at radius 1 is 1.21 bits per heavy atom. The van der Waals surface area contributed by atoms with Gasteiger partial charge in [-0.25, -0.2) is 9.18 Å². The second kappa shape index (κ2) is 9.18. The Kier molecular flexibility index (Phi) is 6.66. The molecule has 150 valence electrons. The quantitative estimate of drug-likeness (QED) is 0.746. The molecule has 0 unspecified atom stereocenters. The maximum atomic E-state index is 13.1. The predicted octanol–water partition coefficient (Wildman–Crippen LogP) is 3.12. The molecule has 7 nitrogen and oxygen atoms in total. The maximum Gasteiger partial charge on any atom is 0.321 e. The summed E-state index contributed by atoms with van der Waals surface area (Å²) >= 11 is 1.19. The van der Waals surface area contributed by atoms with E-state index in [1.165, 1.54) is 30.3 Å². The van der Waals surface area contributed by atoms with Gasteiger partial charge >= 0.3 is 6.03 Å². The summed E-state index contributed by atoms with van der Waals surface area (Å²) in [6.07, 6.45) is 4.33. The molecule has 1 aliphatic carbocycles. The van der Waals surface area contributed by atoms with Crippen molar-refractivity contribution in [1.82, 2.24) is 25.4 Å². The van der Waals surface area contributed by atoms with Gasteiger partial charge in [0.05, 0.1) is 5.75 Å². The summed E-state index contributed by atoms with van der Waals surface area (Å²) in [6.45, 7) is 2.12. The molecule has 0 bridgehead atoms. The molecule has 2 aromatic rings. The number of hydrogen-bond acceptors (Lipinski definition) is 5. The highest BCUT2D eigenvalue weighted by atomic mass is 32.2. The molecule has 1 aromatic carbocycles. The van der Waals surface area contributed by atoms with Gasteiger partial charge in [0.25, 0.3) is 0 Å². The first-order valence-corrected chi connectivity index (χ1v) is 10.3. The minimum absolute atomic E-state index is 0.0447. The van der Waals surface area contributed by atoms with E-state index in [9.17, 15) is 14.0 Å². The topological polar surface area (TPSA) is 88.9 Å². The normalized spacial score (nSPS) is 19.2. The van der Waals surface area contributed by atoms with E-state index >= 15 is 0 Å². The van der Waals surface area contributed by atoms with E-state index in [0.717, 1.165) is 24.8 Å². The summed E-state index contributed by atoms with van der Waals surface area (Å²) in [5, 5.41) is 14.0. The molecular formula is C19H24FN5O2S. The second-order valence-corrected chi connectivity index (χ2v) is 7.99. The molecule has 0 saturated heterocycles. The first kappa shape index (κ1) is 20.3. The van der Waals surface area contributed by atoms with Gasteiger partial charge in [-0.3, -0.25) is 10.1 Å². The molecule has 3 amide bonds. The first-order chi connectivity index (χ1) is 13.4. The van der Waals surface area contributed by atoms with Gasteiger partial charge < -0.3 is 9.88 Å². The highest BCUT2D eigenvalue weighted by molar-refractivity contribution is 7.99. The Morgan fingerprint density at radius 2 is 1.93 bits per heavy atom. The highest BCUT2D eigenvalue weighted by Gasteiger charge is 2.23. The average Bonchev–Trinajstić information content (AvgIpc) is 3.03. The highest BCUT2D eigenvalue weighted by Crippen LogP contribution is 2.24. The van der Waals surface area contributed by atoms with Crippen LogP contribution in [0.1, 0.15) is 32.6 Å². The van der Waals surface area contributed by atoms with Crippen LogP contribution >= 0.6 is 11.8 Å². The summed E-state index contributed by atoms with van der Waals surface area (Å²) < 4.78 is 14.8. The van der Waals surface area contributed by atoms with Crippen LogP contribution in [0.25, 0.3) is 11.4 Å². The van der Waals surface area contributed by atoms with E-state index in [1.54, 1.807) is 23.7 Å². The Labute approximate surface area is 167 Å². The van der Waals surface area contributed by atoms with Crippen molar-refractivity contribution in [1.29, 1.82) is 0 Å². The van der Waals surface area contributed by atoms with Crippen LogP contribution in [0.2, 0.25) is 0 Å². The molecule has 0 radical (unpaired) electrons. The second-order valence-electron chi connectivity index (χ2n) is 7.05. The van der Waals surface area contributed by atoms with E-state index in [-0.39, 0.29) is 17.6 Å². The lowest BCUT2D eigenvalue weighted by atomic mass is 9.86. The number of imide groups is 1. The van der Waals surface area contributed by atoms with Crippen molar-refractivity contribution in [2.75, 3.05) is 5.75 Å². The van der Waals surface area contributed by atoms with Crippen molar-refractivity contribution < 1.29 is 14.0 Å². The molecule has 28 heavy (non-hydrogen) atoms. The van der Waals surface area contributed by atoms with Gasteiger partial charge in [-0.1, -0.05) is 31.5 Å². The van der Waals surface area contributed by atoms with Crippen molar-refractivity contribution in [2.24, 2.45) is 13.0 Å². The van der Waals surface area contributed by atoms with Gasteiger partial charge in [-0.2, -0.15) is 0 Å². The number of hydrogen-bond donors (Lipinski definition) is 2. The van der Waals surface area contributed by atoms with Crippen LogP contribution < -0.4 is 10.6 Å². The van der Waals surface area contributed by atoms with Crippen molar-refractivity contribution in [3.05, 3.63) is 30.1 Å². The fourth-order valence-corrected chi connectivity index (χ4v) is 4.03. The van der Waals surface area contributed by atoms with E-state index in [2.05, 4.69) is 27.8 Å². The number of nitrogens with zero attached hydrogens (tertiary/aromatic N) is 3. The van der Waals surface area contributed by atoms with Crippen LogP contribution in [0.5, 0.6) is 0 Å². The average molecular weight is 405 g/mol. The standard InChI is InChI=1S/C19H24FN5O2S/c1-12-5-3-4-6-15(12)21-18(27)22-16(26)11-28-19-24-23-17(25(19)2)13-7-9-14(20)10-8-13/h7-10,12,15H,3-6,11H2,1-2H3,(H2,21,22,26,27)/t12-,15-/m1/s1. The first-order valence-electron chi connectivity index (χ1n) is 9.32. The molecule has 2 atom stereocenters. The molecule has 0 aliphatic heterocycles. The van der Waals surface area contributed by atoms with E-state index < -0.39 is 11.9 Å². The Bertz CT molecular complexity index is 839. The lowest BCUT2D eigenvalue weighted by Crippen LogP contribution is -2.48. The van der Waals surface area contributed by atoms with Crippen LogP contribution in [-0.4, -0.2) is 38.5 Å². The zero-order chi connectivity index (χ0) is 20.1. The van der Waals surface area contributed by atoms with E-state index in [1.807, 2.05) is 0 Å². The third-order valence-corrected chi connectivity index (χ3v) is 5.97. The summed E-state index contributed by atoms with van der Waals surface area (Å²) in [5.74, 6) is 0.332. The van der Waals surface area contributed by atoms with Gasteiger partial charge in [0.15, 0.2) is 11.0 Å². The minimum Gasteiger partial charge on any atom is -0.335 e. The molecule has 1 fully saturated rings. The number of urea groups is 1. The monoisotopic (exact) mass is 405 g/mol. The fourth-order valence-electron chi connectivity index (χ4n) is 3.32. The largest absolute Gasteiger partial charge is 0.335 e. The van der Waals surface area contributed by atoms with Crippen molar-refractivity contribution in [2.45, 2.75) is 43.8 Å². The number of rotatable bonds is 5. The predicted molar refractivity (Wildman–Crippen MR) is 105 cm³/mol. The van der Waals surface area contributed by atoms with E-state index in [0.29, 0.717) is 16.9 Å². The summed E-state index contributed by atoms with van der Waals surface area (Å²) in [6, 6.07) is 5.63. The Balaban J connectivity index is 1.50. The molecular weight excluding hydrogens is 381 g/mol. The van der Waals surface area contributed by atoms with Gasteiger partial charge in [0.1, 0.15) is 5.82 Å². The maximum absolute atomic E-state index is 13.1. The molecule has 0 spiro atoms. The number of thioether (sulfide) groups is 1. The van der Waals surface area contributed by atoms with Gasteiger partial charge in [0, 0.05) is 18.7 Å². The van der Waals surface area contributed by atoms with Crippen LogP contribution in [-0.2, 0) is 11.8 Å². The van der Waals surface area contributed by atoms with Crippen LogP contribution in [0, 0.1) is 11.7 Å². The lowest BCUT2D eigenvalue weighted by Gasteiger charge is -2.29. The van der Waals surface area contributed by atoms with Crippen LogP contribution in [0.3, 0.4) is 0 Å². The number of carbonyl (C=O) groups is 2. The van der Waals surface area contributed by atoms with Crippen LogP contribution in [0.15, 0.2) is 29.4 Å². The third-order valence-electron chi connectivity index (χ3n) is 4.95.